The van der Waals surface area contributed by atoms with Gasteiger partial charge in [0.15, 0.2) is 0 Å². The Bertz CT molecular complexity index is 472. The van der Waals surface area contributed by atoms with Gasteiger partial charge >= 0.3 is 0 Å². The molecule has 0 aromatic rings. The SMILES string of the molecule is N#C/C(=C/NC(=O)C1CCNCC1)C(=O)NCC1CCCO1. The van der Waals surface area contributed by atoms with E-state index < -0.39 is 5.91 Å². The first-order valence-electron chi connectivity index (χ1n) is 7.72. The van der Waals surface area contributed by atoms with Crippen LogP contribution in [0, 0.1) is 17.2 Å². The summed E-state index contributed by atoms with van der Waals surface area (Å²) in [4.78, 5) is 23.9. The fraction of sp³-hybridized carbons (Fsp3) is 0.667. The third-order valence-electron chi connectivity index (χ3n) is 3.95. The van der Waals surface area contributed by atoms with Crippen molar-refractivity contribution < 1.29 is 14.3 Å². The van der Waals surface area contributed by atoms with E-state index in [-0.39, 0.29) is 23.5 Å². The maximum atomic E-state index is 12.0. The number of nitrogens with zero attached hydrogens (tertiary/aromatic N) is 1. The number of rotatable bonds is 5. The second-order valence-electron chi connectivity index (χ2n) is 5.55. The maximum absolute atomic E-state index is 12.0. The van der Waals surface area contributed by atoms with Gasteiger partial charge in [-0.05, 0) is 38.8 Å². The summed E-state index contributed by atoms with van der Waals surface area (Å²) >= 11 is 0. The minimum Gasteiger partial charge on any atom is -0.376 e. The lowest BCUT2D eigenvalue weighted by Gasteiger charge is -2.20. The molecule has 0 radical (unpaired) electrons. The molecule has 2 amide bonds. The molecule has 7 heteroatoms. The molecule has 0 aliphatic carbocycles. The number of ether oxygens (including phenoxy) is 1. The van der Waals surface area contributed by atoms with E-state index in [1.54, 1.807) is 0 Å². The van der Waals surface area contributed by atoms with Crippen molar-refractivity contribution in [3.05, 3.63) is 11.8 Å². The smallest absolute Gasteiger partial charge is 0.263 e. The van der Waals surface area contributed by atoms with Crippen LogP contribution in [-0.4, -0.2) is 44.2 Å². The van der Waals surface area contributed by atoms with E-state index >= 15 is 0 Å². The molecule has 0 bridgehead atoms. The van der Waals surface area contributed by atoms with Gasteiger partial charge in [-0.15, -0.1) is 0 Å². The number of hydrogen-bond donors (Lipinski definition) is 3. The topological polar surface area (TPSA) is 103 Å². The van der Waals surface area contributed by atoms with E-state index in [0.29, 0.717) is 13.2 Å². The lowest BCUT2D eigenvalue weighted by molar-refractivity contribution is -0.124. The first kappa shape index (κ1) is 16.5. The van der Waals surface area contributed by atoms with Crippen LogP contribution in [0.5, 0.6) is 0 Å². The van der Waals surface area contributed by atoms with Gasteiger partial charge in [0.1, 0.15) is 11.6 Å². The van der Waals surface area contributed by atoms with Crippen molar-refractivity contribution in [2.24, 2.45) is 5.92 Å². The number of hydrogen-bond acceptors (Lipinski definition) is 5. The Morgan fingerprint density at radius 2 is 2.09 bits per heavy atom. The van der Waals surface area contributed by atoms with Gasteiger partial charge in [-0.3, -0.25) is 9.59 Å². The molecule has 3 N–H and O–H groups in total. The predicted octanol–water partition coefficient (Wildman–Crippen LogP) is -0.195. The minimum atomic E-state index is -0.483. The molecule has 2 aliphatic heterocycles. The summed E-state index contributed by atoms with van der Waals surface area (Å²) in [5.41, 5.74) is -0.0970. The highest BCUT2D eigenvalue weighted by atomic mass is 16.5. The summed E-state index contributed by atoms with van der Waals surface area (Å²) in [6, 6.07) is 1.82. The van der Waals surface area contributed by atoms with E-state index in [4.69, 9.17) is 10.00 Å². The van der Waals surface area contributed by atoms with Crippen molar-refractivity contribution in [3.63, 3.8) is 0 Å². The Kier molecular flexibility index (Phi) is 6.37. The van der Waals surface area contributed by atoms with Crippen LogP contribution in [-0.2, 0) is 14.3 Å². The molecule has 0 aromatic heterocycles. The van der Waals surface area contributed by atoms with Crippen molar-refractivity contribution in [2.45, 2.75) is 31.8 Å². The van der Waals surface area contributed by atoms with Crippen LogP contribution in [0.15, 0.2) is 11.8 Å². The van der Waals surface area contributed by atoms with E-state index in [1.165, 1.54) is 6.20 Å². The molecular formula is C15H22N4O3. The standard InChI is InChI=1S/C15H22N4O3/c16-8-12(15(21)19-10-13-2-1-7-22-13)9-18-14(20)11-3-5-17-6-4-11/h9,11,13,17H,1-7,10H2,(H,18,20)(H,19,21)/b12-9-. The van der Waals surface area contributed by atoms with Crippen molar-refractivity contribution in [1.29, 1.82) is 5.26 Å². The van der Waals surface area contributed by atoms with E-state index in [2.05, 4.69) is 16.0 Å². The Morgan fingerprint density at radius 3 is 2.73 bits per heavy atom. The molecule has 2 rings (SSSR count). The molecule has 7 nitrogen and oxygen atoms in total. The summed E-state index contributed by atoms with van der Waals surface area (Å²) in [6.07, 6.45) is 4.68. The van der Waals surface area contributed by atoms with Crippen molar-refractivity contribution in [1.82, 2.24) is 16.0 Å². The number of carbonyl (C=O) groups is 2. The van der Waals surface area contributed by atoms with Gasteiger partial charge in [-0.2, -0.15) is 5.26 Å². The van der Waals surface area contributed by atoms with Crippen LogP contribution < -0.4 is 16.0 Å². The van der Waals surface area contributed by atoms with Gasteiger partial charge in [-0.25, -0.2) is 0 Å². The van der Waals surface area contributed by atoms with E-state index in [9.17, 15) is 9.59 Å². The van der Waals surface area contributed by atoms with Crippen LogP contribution in [0.25, 0.3) is 0 Å². The first-order valence-corrected chi connectivity index (χ1v) is 7.72. The quantitative estimate of drug-likeness (QED) is 0.482. The van der Waals surface area contributed by atoms with Gasteiger partial charge in [0.25, 0.3) is 5.91 Å². The second kappa shape index (κ2) is 8.51. The third kappa shape index (κ3) is 4.83. The molecule has 2 saturated heterocycles. The zero-order valence-electron chi connectivity index (χ0n) is 12.6. The molecule has 2 fully saturated rings. The molecule has 2 heterocycles. The Hall–Kier alpha value is -1.91. The van der Waals surface area contributed by atoms with E-state index in [0.717, 1.165) is 38.8 Å². The molecule has 0 saturated carbocycles. The molecule has 0 aromatic carbocycles. The fourth-order valence-corrected chi connectivity index (χ4v) is 2.60. The Morgan fingerprint density at radius 1 is 1.32 bits per heavy atom. The average Bonchev–Trinajstić information content (AvgIpc) is 3.07. The molecule has 22 heavy (non-hydrogen) atoms. The second-order valence-corrected chi connectivity index (χ2v) is 5.55. The molecule has 1 unspecified atom stereocenters. The van der Waals surface area contributed by atoms with Gasteiger partial charge in [0.2, 0.25) is 5.91 Å². The van der Waals surface area contributed by atoms with Gasteiger partial charge < -0.3 is 20.7 Å². The largest absolute Gasteiger partial charge is 0.376 e. The van der Waals surface area contributed by atoms with Gasteiger partial charge in [-0.1, -0.05) is 0 Å². The highest BCUT2D eigenvalue weighted by Gasteiger charge is 2.21. The number of carbonyl (C=O) groups excluding carboxylic acids is 2. The molecule has 2 aliphatic rings. The summed E-state index contributed by atoms with van der Waals surface area (Å²) in [7, 11) is 0. The summed E-state index contributed by atoms with van der Waals surface area (Å²) in [6.45, 7) is 2.73. The van der Waals surface area contributed by atoms with E-state index in [1.807, 2.05) is 6.07 Å². The minimum absolute atomic E-state index is 0.0215. The van der Waals surface area contributed by atoms with Gasteiger partial charge in [0.05, 0.1) is 6.10 Å². The number of amides is 2. The van der Waals surface area contributed by atoms with Crippen LogP contribution >= 0.6 is 0 Å². The van der Waals surface area contributed by atoms with Crippen LogP contribution in [0.1, 0.15) is 25.7 Å². The molecule has 120 valence electrons. The zero-order chi connectivity index (χ0) is 15.8. The van der Waals surface area contributed by atoms with Gasteiger partial charge in [0, 0.05) is 25.3 Å². The number of piperidine rings is 1. The monoisotopic (exact) mass is 306 g/mol. The highest BCUT2D eigenvalue weighted by molar-refractivity contribution is 5.97. The Balaban J connectivity index is 1.79. The molecule has 1 atom stereocenters. The summed E-state index contributed by atoms with van der Waals surface area (Å²) in [5, 5.41) is 17.5. The predicted molar refractivity (Wildman–Crippen MR) is 79.4 cm³/mol. The lowest BCUT2D eigenvalue weighted by Crippen LogP contribution is -2.37. The van der Waals surface area contributed by atoms with Crippen molar-refractivity contribution >= 4 is 11.8 Å². The van der Waals surface area contributed by atoms with Crippen molar-refractivity contribution in [2.75, 3.05) is 26.2 Å². The summed E-state index contributed by atoms with van der Waals surface area (Å²) < 4.78 is 5.40. The first-order chi connectivity index (χ1) is 10.7. The normalized spacial score (nSPS) is 22.9. The third-order valence-corrected chi connectivity index (χ3v) is 3.95. The summed E-state index contributed by atoms with van der Waals surface area (Å²) in [5.74, 6) is -0.683. The average molecular weight is 306 g/mol. The number of nitrogens with one attached hydrogen (secondary N) is 3. The number of nitriles is 1. The van der Waals surface area contributed by atoms with Crippen LogP contribution in [0.4, 0.5) is 0 Å². The Labute approximate surface area is 130 Å². The van der Waals surface area contributed by atoms with Crippen molar-refractivity contribution in [3.8, 4) is 6.07 Å². The van der Waals surface area contributed by atoms with Crippen LogP contribution in [0.2, 0.25) is 0 Å². The fourth-order valence-electron chi connectivity index (χ4n) is 2.60. The molecule has 0 spiro atoms. The zero-order valence-corrected chi connectivity index (χ0v) is 12.6. The lowest BCUT2D eigenvalue weighted by atomic mass is 9.97. The molecular weight excluding hydrogens is 284 g/mol. The maximum Gasteiger partial charge on any atom is 0.263 e. The highest BCUT2D eigenvalue weighted by Crippen LogP contribution is 2.12. The van der Waals surface area contributed by atoms with Crippen LogP contribution in [0.3, 0.4) is 0 Å².